The first-order chi connectivity index (χ1) is 10.4. The molecule has 9 heteroatoms. The van der Waals surface area contributed by atoms with Gasteiger partial charge in [0, 0.05) is 19.3 Å². The number of aromatic nitrogens is 2. The van der Waals surface area contributed by atoms with Gasteiger partial charge in [0.05, 0.1) is 11.2 Å². The van der Waals surface area contributed by atoms with Crippen LogP contribution in [0.5, 0.6) is 0 Å². The summed E-state index contributed by atoms with van der Waals surface area (Å²) in [6.45, 7) is 3.31. The van der Waals surface area contributed by atoms with Gasteiger partial charge in [-0.15, -0.1) is 0 Å². The van der Waals surface area contributed by atoms with Gasteiger partial charge in [0.25, 0.3) is 5.91 Å². The number of amides is 1. The molecule has 0 atom stereocenters. The second kappa shape index (κ2) is 7.34. The monoisotopic (exact) mass is 346 g/mol. The maximum Gasteiger partial charge on any atom is 0.271 e. The van der Waals surface area contributed by atoms with E-state index in [4.69, 9.17) is 11.6 Å². The molecule has 7 nitrogen and oxygen atoms in total. The van der Waals surface area contributed by atoms with Gasteiger partial charge < -0.3 is 10.2 Å². The van der Waals surface area contributed by atoms with E-state index in [2.05, 4.69) is 20.2 Å². The summed E-state index contributed by atoms with van der Waals surface area (Å²) in [5.74, 6) is -0.491. The van der Waals surface area contributed by atoms with Gasteiger partial charge in [-0.05, 0) is 25.9 Å². The number of likely N-dealkylation sites (tertiary alicyclic amines) is 1. The Morgan fingerprint density at radius 3 is 2.68 bits per heavy atom. The third-order valence-corrected chi connectivity index (χ3v) is 4.57. The number of nitrogens with one attached hydrogen (secondary N) is 1. The quantitative estimate of drug-likeness (QED) is 0.791. The Labute approximate surface area is 135 Å². The van der Waals surface area contributed by atoms with Crippen LogP contribution in [0.2, 0.25) is 5.02 Å². The minimum absolute atomic E-state index is 0.0304. The van der Waals surface area contributed by atoms with Crippen molar-refractivity contribution < 1.29 is 13.2 Å². The number of hydrogen-bond donors (Lipinski definition) is 1. The Morgan fingerprint density at radius 1 is 1.36 bits per heavy atom. The summed E-state index contributed by atoms with van der Waals surface area (Å²) >= 11 is 5.88. The number of carbonyl (C=O) groups excluding carboxylic acids is 1. The molecule has 122 valence electrons. The standard InChI is InChI=1S/C13H19ClN4O3S/c1-22(20,21)13-16-9-10(14)11(17-13)12(19)15-5-8-18-6-3-2-4-7-18/h9H,2-8H2,1H3,(H,15,19). The minimum Gasteiger partial charge on any atom is -0.349 e. The second-order valence-corrected chi connectivity index (χ2v) is 7.60. The molecule has 0 radical (unpaired) electrons. The summed E-state index contributed by atoms with van der Waals surface area (Å²) < 4.78 is 22.9. The zero-order valence-corrected chi connectivity index (χ0v) is 14.0. The van der Waals surface area contributed by atoms with Gasteiger partial charge in [-0.1, -0.05) is 18.0 Å². The zero-order chi connectivity index (χ0) is 16.2. The lowest BCUT2D eigenvalue weighted by Crippen LogP contribution is -2.38. The average molecular weight is 347 g/mol. The van der Waals surface area contributed by atoms with Gasteiger partial charge >= 0.3 is 0 Å². The predicted molar refractivity (Wildman–Crippen MR) is 82.8 cm³/mol. The Bertz CT molecular complexity index is 645. The molecule has 1 aromatic heterocycles. The number of nitrogens with zero attached hydrogens (tertiary/aromatic N) is 3. The number of rotatable bonds is 5. The van der Waals surface area contributed by atoms with E-state index in [9.17, 15) is 13.2 Å². The molecule has 0 unspecified atom stereocenters. The van der Waals surface area contributed by atoms with E-state index in [1.165, 1.54) is 19.3 Å². The van der Waals surface area contributed by atoms with Gasteiger partial charge in [0.2, 0.25) is 15.0 Å². The molecule has 1 fully saturated rings. The van der Waals surface area contributed by atoms with E-state index in [1.54, 1.807) is 0 Å². The van der Waals surface area contributed by atoms with E-state index >= 15 is 0 Å². The molecule has 0 saturated carbocycles. The van der Waals surface area contributed by atoms with Crippen LogP contribution in [-0.2, 0) is 9.84 Å². The van der Waals surface area contributed by atoms with Gasteiger partial charge in [-0.3, -0.25) is 4.79 Å². The Balaban J connectivity index is 1.97. The van der Waals surface area contributed by atoms with Crippen molar-refractivity contribution in [1.82, 2.24) is 20.2 Å². The fraction of sp³-hybridized carbons (Fsp3) is 0.615. The molecule has 22 heavy (non-hydrogen) atoms. The largest absolute Gasteiger partial charge is 0.349 e. The molecular formula is C13H19ClN4O3S. The first-order valence-corrected chi connectivity index (χ1v) is 9.38. The summed E-state index contributed by atoms with van der Waals surface area (Å²) in [7, 11) is -3.58. The molecule has 1 aliphatic heterocycles. The average Bonchev–Trinajstić information content (AvgIpc) is 2.47. The van der Waals surface area contributed by atoms with Gasteiger partial charge in [-0.2, -0.15) is 0 Å². The second-order valence-electron chi connectivity index (χ2n) is 5.28. The van der Waals surface area contributed by atoms with Gasteiger partial charge in [0.1, 0.15) is 0 Å². The van der Waals surface area contributed by atoms with Crippen LogP contribution >= 0.6 is 11.6 Å². The highest BCUT2D eigenvalue weighted by Gasteiger charge is 2.19. The van der Waals surface area contributed by atoms with Crippen LogP contribution in [0.15, 0.2) is 11.4 Å². The van der Waals surface area contributed by atoms with Crippen LogP contribution in [0.1, 0.15) is 29.8 Å². The first-order valence-electron chi connectivity index (χ1n) is 7.11. The summed E-state index contributed by atoms with van der Waals surface area (Å²) in [6, 6.07) is 0. The molecule has 1 N–H and O–H groups in total. The smallest absolute Gasteiger partial charge is 0.271 e. The maximum atomic E-state index is 12.1. The lowest BCUT2D eigenvalue weighted by atomic mass is 10.1. The van der Waals surface area contributed by atoms with Gasteiger partial charge in [-0.25, -0.2) is 18.4 Å². The van der Waals surface area contributed by atoms with Crippen LogP contribution in [0.4, 0.5) is 0 Å². The number of hydrogen-bond acceptors (Lipinski definition) is 6. The zero-order valence-electron chi connectivity index (χ0n) is 12.4. The van der Waals surface area contributed by atoms with Crippen molar-refractivity contribution in [2.24, 2.45) is 0 Å². The van der Waals surface area contributed by atoms with Crippen LogP contribution in [-0.4, -0.2) is 61.6 Å². The lowest BCUT2D eigenvalue weighted by molar-refractivity contribution is 0.0941. The molecule has 0 aromatic carbocycles. The summed E-state index contributed by atoms with van der Waals surface area (Å²) in [5, 5.41) is 2.34. The molecule has 1 aromatic rings. The fourth-order valence-electron chi connectivity index (χ4n) is 2.28. The minimum atomic E-state index is -3.58. The molecule has 0 aliphatic carbocycles. The SMILES string of the molecule is CS(=O)(=O)c1ncc(Cl)c(C(=O)NCCN2CCCCC2)n1. The third kappa shape index (κ3) is 4.62. The Kier molecular flexibility index (Phi) is 5.71. The van der Waals surface area contributed by atoms with E-state index in [0.717, 1.165) is 32.1 Å². The molecular weight excluding hydrogens is 328 g/mol. The van der Waals surface area contributed by atoms with Crippen LogP contribution in [0.25, 0.3) is 0 Å². The van der Waals surface area contributed by atoms with Crippen molar-refractivity contribution in [1.29, 1.82) is 0 Å². The molecule has 1 aliphatic rings. The van der Waals surface area contributed by atoms with Crippen molar-refractivity contribution in [2.45, 2.75) is 24.4 Å². The van der Waals surface area contributed by atoms with Crippen LogP contribution in [0, 0.1) is 0 Å². The highest BCUT2D eigenvalue weighted by atomic mass is 35.5. The fourth-order valence-corrected chi connectivity index (χ4v) is 2.96. The molecule has 2 heterocycles. The van der Waals surface area contributed by atoms with Crippen molar-refractivity contribution in [3.63, 3.8) is 0 Å². The highest BCUT2D eigenvalue weighted by molar-refractivity contribution is 7.90. The number of halogens is 1. The molecule has 1 amide bonds. The molecule has 2 rings (SSSR count). The maximum absolute atomic E-state index is 12.1. The normalized spacial score (nSPS) is 16.5. The third-order valence-electron chi connectivity index (χ3n) is 3.43. The van der Waals surface area contributed by atoms with E-state index in [-0.39, 0.29) is 10.7 Å². The number of piperidine rings is 1. The highest BCUT2D eigenvalue weighted by Crippen LogP contribution is 2.14. The Hall–Kier alpha value is -1.25. The molecule has 1 saturated heterocycles. The number of sulfone groups is 1. The van der Waals surface area contributed by atoms with E-state index in [0.29, 0.717) is 6.54 Å². The molecule has 0 bridgehead atoms. The molecule has 0 spiro atoms. The summed E-state index contributed by atoms with van der Waals surface area (Å²) in [4.78, 5) is 21.8. The van der Waals surface area contributed by atoms with E-state index < -0.39 is 20.9 Å². The van der Waals surface area contributed by atoms with Crippen molar-refractivity contribution >= 4 is 27.3 Å². The summed E-state index contributed by atoms with van der Waals surface area (Å²) in [5.41, 5.74) is -0.115. The van der Waals surface area contributed by atoms with Crippen molar-refractivity contribution in [2.75, 3.05) is 32.4 Å². The predicted octanol–water partition coefficient (Wildman–Crippen LogP) is 0.749. The summed E-state index contributed by atoms with van der Waals surface area (Å²) in [6.07, 6.45) is 5.74. The van der Waals surface area contributed by atoms with E-state index in [1.807, 2.05) is 0 Å². The lowest BCUT2D eigenvalue weighted by Gasteiger charge is -2.26. The van der Waals surface area contributed by atoms with Crippen molar-refractivity contribution in [3.8, 4) is 0 Å². The topological polar surface area (TPSA) is 92.3 Å². The van der Waals surface area contributed by atoms with Gasteiger partial charge in [0.15, 0.2) is 5.69 Å². The Morgan fingerprint density at radius 2 is 2.05 bits per heavy atom. The first kappa shape index (κ1) is 17.1. The van der Waals surface area contributed by atoms with Crippen LogP contribution < -0.4 is 5.32 Å². The van der Waals surface area contributed by atoms with Crippen molar-refractivity contribution in [3.05, 3.63) is 16.9 Å². The van der Waals surface area contributed by atoms with Crippen LogP contribution in [0.3, 0.4) is 0 Å². The number of carbonyl (C=O) groups is 1.